The van der Waals surface area contributed by atoms with Crippen LogP contribution >= 0.6 is 0 Å². The highest BCUT2D eigenvalue weighted by atomic mass is 16.5. The molecule has 2 aromatic rings. The Hall–Kier alpha value is -2.86. The molecule has 1 saturated heterocycles. The summed E-state index contributed by atoms with van der Waals surface area (Å²) in [6, 6.07) is 13.0. The monoisotopic (exact) mass is 368 g/mol. The fourth-order valence-corrected chi connectivity index (χ4v) is 3.09. The van der Waals surface area contributed by atoms with Crippen LogP contribution in [0, 0.1) is 6.92 Å². The van der Waals surface area contributed by atoms with Crippen molar-refractivity contribution in [3.8, 4) is 16.9 Å². The van der Waals surface area contributed by atoms with Crippen LogP contribution in [0.25, 0.3) is 11.1 Å². The standard InChI is InChI=1S/C21H24N2O4/c1-14-7-8-19(27-13-20(22)24)18(10-14)15-4-2-5-16(11-15)21(25)23-12-17-6-3-9-26-17/h2,4-5,7-8,10-11,17H,3,6,9,12-13H2,1H3,(H2,22,24)(H,23,25)/t17-/m1/s1. The quantitative estimate of drug-likeness (QED) is 0.785. The first-order chi connectivity index (χ1) is 13.0. The van der Waals surface area contributed by atoms with Crippen molar-refractivity contribution in [3.05, 3.63) is 53.6 Å². The number of carbonyl (C=O) groups is 2. The van der Waals surface area contributed by atoms with Gasteiger partial charge in [0.2, 0.25) is 0 Å². The van der Waals surface area contributed by atoms with E-state index in [1.54, 1.807) is 12.1 Å². The van der Waals surface area contributed by atoms with E-state index in [4.69, 9.17) is 15.2 Å². The van der Waals surface area contributed by atoms with E-state index in [0.717, 1.165) is 36.1 Å². The molecular formula is C21H24N2O4. The predicted molar refractivity (Wildman–Crippen MR) is 103 cm³/mol. The second-order valence-electron chi connectivity index (χ2n) is 6.68. The van der Waals surface area contributed by atoms with Crippen LogP contribution < -0.4 is 15.8 Å². The summed E-state index contributed by atoms with van der Waals surface area (Å²) in [5.41, 5.74) is 8.44. The molecule has 3 rings (SSSR count). The highest BCUT2D eigenvalue weighted by Crippen LogP contribution is 2.31. The number of primary amides is 1. The van der Waals surface area contributed by atoms with Gasteiger partial charge in [0.05, 0.1) is 6.10 Å². The molecule has 6 nitrogen and oxygen atoms in total. The van der Waals surface area contributed by atoms with Gasteiger partial charge in [0, 0.05) is 24.3 Å². The molecule has 2 amide bonds. The molecule has 2 aromatic carbocycles. The molecule has 0 bridgehead atoms. The molecule has 1 atom stereocenters. The Morgan fingerprint density at radius 3 is 2.85 bits per heavy atom. The van der Waals surface area contributed by atoms with E-state index in [-0.39, 0.29) is 18.6 Å². The van der Waals surface area contributed by atoms with Gasteiger partial charge in [-0.05, 0) is 49.6 Å². The molecule has 142 valence electrons. The molecule has 1 heterocycles. The number of nitrogens with one attached hydrogen (secondary N) is 1. The van der Waals surface area contributed by atoms with Crippen molar-refractivity contribution in [2.75, 3.05) is 19.8 Å². The fraction of sp³-hybridized carbons (Fsp3) is 0.333. The van der Waals surface area contributed by atoms with Crippen LogP contribution in [0.3, 0.4) is 0 Å². The van der Waals surface area contributed by atoms with Crippen LogP contribution in [0.4, 0.5) is 0 Å². The summed E-state index contributed by atoms with van der Waals surface area (Å²) in [6.45, 7) is 3.05. The molecule has 0 aliphatic carbocycles. The van der Waals surface area contributed by atoms with E-state index < -0.39 is 5.91 Å². The highest BCUT2D eigenvalue weighted by Gasteiger charge is 2.17. The number of aryl methyl sites for hydroxylation is 1. The zero-order chi connectivity index (χ0) is 19.2. The Kier molecular flexibility index (Phi) is 6.08. The van der Waals surface area contributed by atoms with Crippen LogP contribution in [-0.4, -0.2) is 37.7 Å². The van der Waals surface area contributed by atoms with Crippen molar-refractivity contribution in [1.29, 1.82) is 0 Å². The fourth-order valence-electron chi connectivity index (χ4n) is 3.09. The largest absolute Gasteiger partial charge is 0.483 e. The Labute approximate surface area is 158 Å². The summed E-state index contributed by atoms with van der Waals surface area (Å²) < 4.78 is 11.1. The number of benzene rings is 2. The molecule has 0 radical (unpaired) electrons. The molecule has 0 saturated carbocycles. The van der Waals surface area contributed by atoms with Crippen LogP contribution in [0.15, 0.2) is 42.5 Å². The molecule has 6 heteroatoms. The molecule has 27 heavy (non-hydrogen) atoms. The first kappa shape index (κ1) is 18.9. The number of carbonyl (C=O) groups excluding carboxylic acids is 2. The first-order valence-electron chi connectivity index (χ1n) is 9.05. The Bertz CT molecular complexity index is 829. The van der Waals surface area contributed by atoms with E-state index in [0.29, 0.717) is 17.9 Å². The molecule has 0 unspecified atom stereocenters. The van der Waals surface area contributed by atoms with Gasteiger partial charge in [0.25, 0.3) is 11.8 Å². The zero-order valence-corrected chi connectivity index (χ0v) is 15.4. The van der Waals surface area contributed by atoms with Crippen LogP contribution in [0.1, 0.15) is 28.8 Å². The molecule has 0 spiro atoms. The Balaban J connectivity index is 1.79. The van der Waals surface area contributed by atoms with Crippen LogP contribution in [0.5, 0.6) is 5.75 Å². The number of hydrogen-bond acceptors (Lipinski definition) is 4. The lowest BCUT2D eigenvalue weighted by atomic mass is 10.00. The van der Waals surface area contributed by atoms with Gasteiger partial charge in [-0.15, -0.1) is 0 Å². The summed E-state index contributed by atoms with van der Waals surface area (Å²) in [6.07, 6.45) is 2.12. The smallest absolute Gasteiger partial charge is 0.255 e. The van der Waals surface area contributed by atoms with Crippen molar-refractivity contribution in [2.45, 2.75) is 25.9 Å². The number of ether oxygens (including phenoxy) is 2. The number of nitrogens with two attached hydrogens (primary N) is 1. The van der Waals surface area contributed by atoms with Gasteiger partial charge in [0.1, 0.15) is 5.75 Å². The Morgan fingerprint density at radius 1 is 1.26 bits per heavy atom. The second kappa shape index (κ2) is 8.68. The molecule has 0 aromatic heterocycles. The van der Waals surface area contributed by atoms with Crippen LogP contribution in [0.2, 0.25) is 0 Å². The lowest BCUT2D eigenvalue weighted by molar-refractivity contribution is -0.119. The van der Waals surface area contributed by atoms with Crippen molar-refractivity contribution in [2.24, 2.45) is 5.73 Å². The van der Waals surface area contributed by atoms with E-state index in [1.165, 1.54) is 0 Å². The summed E-state index contributed by atoms with van der Waals surface area (Å²) in [5, 5.41) is 2.93. The minimum Gasteiger partial charge on any atom is -0.483 e. The highest BCUT2D eigenvalue weighted by molar-refractivity contribution is 5.95. The SMILES string of the molecule is Cc1ccc(OCC(N)=O)c(-c2cccc(C(=O)NC[C@H]3CCCO3)c2)c1. The minimum absolute atomic E-state index is 0.0997. The van der Waals surface area contributed by atoms with E-state index in [9.17, 15) is 9.59 Å². The topological polar surface area (TPSA) is 90.7 Å². The molecule has 1 aliphatic heterocycles. The maximum Gasteiger partial charge on any atom is 0.255 e. The van der Waals surface area contributed by atoms with Crippen molar-refractivity contribution in [3.63, 3.8) is 0 Å². The maximum atomic E-state index is 12.5. The van der Waals surface area contributed by atoms with E-state index >= 15 is 0 Å². The number of hydrogen-bond donors (Lipinski definition) is 2. The molecule has 1 fully saturated rings. The number of amides is 2. The lowest BCUT2D eigenvalue weighted by Gasteiger charge is -2.14. The summed E-state index contributed by atoms with van der Waals surface area (Å²) in [4.78, 5) is 23.5. The lowest BCUT2D eigenvalue weighted by Crippen LogP contribution is -2.31. The third-order valence-corrected chi connectivity index (χ3v) is 4.46. The predicted octanol–water partition coefficient (Wildman–Crippen LogP) is 2.43. The average Bonchev–Trinajstić information content (AvgIpc) is 3.18. The van der Waals surface area contributed by atoms with Gasteiger partial charge >= 0.3 is 0 Å². The maximum absolute atomic E-state index is 12.5. The van der Waals surface area contributed by atoms with Gasteiger partial charge in [-0.3, -0.25) is 9.59 Å². The van der Waals surface area contributed by atoms with Crippen molar-refractivity contribution < 1.29 is 19.1 Å². The van der Waals surface area contributed by atoms with Gasteiger partial charge in [-0.1, -0.05) is 23.8 Å². The minimum atomic E-state index is -0.538. The summed E-state index contributed by atoms with van der Waals surface area (Å²) in [5.74, 6) is -0.125. The third-order valence-electron chi connectivity index (χ3n) is 4.46. The number of rotatable bonds is 7. The van der Waals surface area contributed by atoms with Gasteiger partial charge in [-0.25, -0.2) is 0 Å². The first-order valence-corrected chi connectivity index (χ1v) is 9.05. The third kappa shape index (κ3) is 5.08. The van der Waals surface area contributed by atoms with Gasteiger partial charge < -0.3 is 20.5 Å². The normalized spacial score (nSPS) is 16.1. The van der Waals surface area contributed by atoms with E-state index in [2.05, 4.69) is 5.32 Å². The molecule has 1 aliphatic rings. The van der Waals surface area contributed by atoms with Crippen LogP contribution in [-0.2, 0) is 9.53 Å². The van der Waals surface area contributed by atoms with Gasteiger partial charge in [-0.2, -0.15) is 0 Å². The van der Waals surface area contributed by atoms with Crippen molar-refractivity contribution in [1.82, 2.24) is 5.32 Å². The van der Waals surface area contributed by atoms with Crippen molar-refractivity contribution >= 4 is 11.8 Å². The summed E-state index contributed by atoms with van der Waals surface area (Å²) in [7, 11) is 0. The molecule has 3 N–H and O–H groups in total. The molecular weight excluding hydrogens is 344 g/mol. The second-order valence-corrected chi connectivity index (χ2v) is 6.68. The Morgan fingerprint density at radius 2 is 2.11 bits per heavy atom. The average molecular weight is 368 g/mol. The van der Waals surface area contributed by atoms with E-state index in [1.807, 2.05) is 37.3 Å². The van der Waals surface area contributed by atoms with Gasteiger partial charge in [0.15, 0.2) is 6.61 Å². The zero-order valence-electron chi connectivity index (χ0n) is 15.4. The summed E-state index contributed by atoms with van der Waals surface area (Å²) >= 11 is 0.